The first-order valence-corrected chi connectivity index (χ1v) is 5.28. The minimum absolute atomic E-state index is 0.537. The molecule has 0 heterocycles. The molecule has 4 heteroatoms. The number of carbonyl (C=O) groups excluding carboxylic acids is 2. The van der Waals surface area contributed by atoms with Gasteiger partial charge in [-0.15, -0.1) is 0 Å². The van der Waals surface area contributed by atoms with Gasteiger partial charge >= 0.3 is 11.9 Å². The van der Waals surface area contributed by atoms with Gasteiger partial charge in [0.25, 0.3) is 5.79 Å². The number of ether oxygens (including phenoxy) is 2. The van der Waals surface area contributed by atoms with Gasteiger partial charge in [0.2, 0.25) is 0 Å². The highest BCUT2D eigenvalue weighted by molar-refractivity contribution is 5.83. The summed E-state index contributed by atoms with van der Waals surface area (Å²) in [7, 11) is 0. The fourth-order valence-corrected chi connectivity index (χ4v) is 1.35. The second kappa shape index (κ2) is 5.82. The van der Waals surface area contributed by atoms with Gasteiger partial charge < -0.3 is 9.47 Å². The molecule has 94 valence electrons. The summed E-state index contributed by atoms with van der Waals surface area (Å²) >= 11 is 0. The number of hydrogen-bond donors (Lipinski definition) is 0. The Balaban J connectivity index is 3.08. The minimum atomic E-state index is -1.50. The summed E-state index contributed by atoms with van der Waals surface area (Å²) in [6.07, 6.45) is 2.01. The predicted molar refractivity (Wildman–Crippen MR) is 66.4 cm³/mol. The van der Waals surface area contributed by atoms with E-state index in [0.29, 0.717) is 5.56 Å². The maximum Gasteiger partial charge on any atom is 0.333 e. The van der Waals surface area contributed by atoms with E-state index < -0.39 is 17.7 Å². The van der Waals surface area contributed by atoms with Crippen molar-refractivity contribution in [3.05, 3.63) is 61.2 Å². The van der Waals surface area contributed by atoms with E-state index in [0.717, 1.165) is 12.2 Å². The number of benzene rings is 1. The Morgan fingerprint density at radius 2 is 1.50 bits per heavy atom. The molecule has 0 aliphatic rings. The standard InChI is InChI=1S/C14H14O4/c1-4-12(15)17-14(3,18-13(16)5-2)11-9-7-6-8-10-11/h4-10H,1-2H2,3H3. The molecule has 18 heavy (non-hydrogen) atoms. The van der Waals surface area contributed by atoms with Gasteiger partial charge in [0, 0.05) is 24.6 Å². The highest BCUT2D eigenvalue weighted by atomic mass is 16.7. The summed E-state index contributed by atoms with van der Waals surface area (Å²) in [5, 5.41) is 0. The molecule has 0 bridgehead atoms. The van der Waals surface area contributed by atoms with Crippen LogP contribution >= 0.6 is 0 Å². The average molecular weight is 246 g/mol. The lowest BCUT2D eigenvalue weighted by Crippen LogP contribution is -2.33. The Kier molecular flexibility index (Phi) is 4.43. The molecule has 0 saturated heterocycles. The van der Waals surface area contributed by atoms with E-state index in [1.54, 1.807) is 30.3 Å². The van der Waals surface area contributed by atoms with Crippen LogP contribution in [-0.4, -0.2) is 11.9 Å². The molecular weight excluding hydrogens is 232 g/mol. The molecular formula is C14H14O4. The molecule has 1 aromatic rings. The van der Waals surface area contributed by atoms with Crippen LogP contribution in [0.3, 0.4) is 0 Å². The zero-order valence-electron chi connectivity index (χ0n) is 10.1. The molecule has 1 aromatic carbocycles. The van der Waals surface area contributed by atoms with Gasteiger partial charge in [-0.05, 0) is 0 Å². The van der Waals surface area contributed by atoms with Crippen molar-refractivity contribution in [1.29, 1.82) is 0 Å². The van der Waals surface area contributed by atoms with Crippen molar-refractivity contribution in [2.45, 2.75) is 12.7 Å². The Bertz CT molecular complexity index is 440. The summed E-state index contributed by atoms with van der Waals surface area (Å²) in [4.78, 5) is 22.6. The van der Waals surface area contributed by atoms with E-state index in [2.05, 4.69) is 13.2 Å². The van der Waals surface area contributed by atoms with Gasteiger partial charge in [0.1, 0.15) is 0 Å². The van der Waals surface area contributed by atoms with E-state index in [4.69, 9.17) is 9.47 Å². The van der Waals surface area contributed by atoms with Crippen LogP contribution in [0.1, 0.15) is 12.5 Å². The lowest BCUT2D eigenvalue weighted by molar-refractivity contribution is -0.220. The Hall–Kier alpha value is -2.36. The van der Waals surface area contributed by atoms with Crippen LogP contribution in [0.5, 0.6) is 0 Å². The first-order valence-electron chi connectivity index (χ1n) is 5.28. The van der Waals surface area contributed by atoms with Gasteiger partial charge in [-0.25, -0.2) is 9.59 Å². The zero-order chi connectivity index (χ0) is 13.6. The first-order chi connectivity index (χ1) is 8.51. The Morgan fingerprint density at radius 3 is 1.89 bits per heavy atom. The van der Waals surface area contributed by atoms with Crippen molar-refractivity contribution in [3.8, 4) is 0 Å². The molecule has 0 fully saturated rings. The number of hydrogen-bond acceptors (Lipinski definition) is 4. The molecule has 0 aliphatic heterocycles. The maximum absolute atomic E-state index is 11.3. The Labute approximate surface area is 106 Å². The quantitative estimate of drug-likeness (QED) is 0.454. The molecule has 0 saturated carbocycles. The zero-order valence-corrected chi connectivity index (χ0v) is 10.1. The number of rotatable bonds is 5. The van der Waals surface area contributed by atoms with Crippen molar-refractivity contribution in [2.75, 3.05) is 0 Å². The second-order valence-corrected chi connectivity index (χ2v) is 3.56. The average Bonchev–Trinajstić information content (AvgIpc) is 2.39. The summed E-state index contributed by atoms with van der Waals surface area (Å²) < 4.78 is 10.2. The summed E-state index contributed by atoms with van der Waals surface area (Å²) in [6.45, 7) is 8.08. The van der Waals surface area contributed by atoms with E-state index in [1.165, 1.54) is 6.92 Å². The number of esters is 2. The molecule has 0 unspecified atom stereocenters. The molecule has 0 spiro atoms. The van der Waals surface area contributed by atoms with E-state index in [1.807, 2.05) is 0 Å². The summed E-state index contributed by atoms with van der Waals surface area (Å²) in [5.74, 6) is -2.87. The molecule has 0 aromatic heterocycles. The first kappa shape index (κ1) is 13.7. The highest BCUT2D eigenvalue weighted by Crippen LogP contribution is 2.27. The van der Waals surface area contributed by atoms with Crippen molar-refractivity contribution in [2.24, 2.45) is 0 Å². The largest absolute Gasteiger partial charge is 0.415 e. The smallest absolute Gasteiger partial charge is 0.333 e. The summed E-state index contributed by atoms with van der Waals surface area (Å²) in [6, 6.07) is 8.67. The third kappa shape index (κ3) is 3.31. The molecule has 0 N–H and O–H groups in total. The third-order valence-corrected chi connectivity index (χ3v) is 2.22. The highest BCUT2D eigenvalue weighted by Gasteiger charge is 2.34. The Morgan fingerprint density at radius 1 is 1.06 bits per heavy atom. The van der Waals surface area contributed by atoms with Gasteiger partial charge in [-0.1, -0.05) is 43.5 Å². The fraction of sp³-hybridized carbons (Fsp3) is 0.143. The van der Waals surface area contributed by atoms with Crippen LogP contribution in [0.25, 0.3) is 0 Å². The van der Waals surface area contributed by atoms with Gasteiger partial charge in [0.05, 0.1) is 0 Å². The topological polar surface area (TPSA) is 52.6 Å². The van der Waals surface area contributed by atoms with E-state index >= 15 is 0 Å². The number of carbonyl (C=O) groups is 2. The van der Waals surface area contributed by atoms with E-state index in [9.17, 15) is 9.59 Å². The summed E-state index contributed by atoms with van der Waals surface area (Å²) in [5.41, 5.74) is 0.537. The predicted octanol–water partition coefficient (Wildman–Crippen LogP) is 2.32. The van der Waals surface area contributed by atoms with Crippen molar-refractivity contribution < 1.29 is 19.1 Å². The normalized spacial score (nSPS) is 10.3. The fourth-order valence-electron chi connectivity index (χ4n) is 1.35. The van der Waals surface area contributed by atoms with Crippen molar-refractivity contribution in [1.82, 2.24) is 0 Å². The van der Waals surface area contributed by atoms with Crippen LogP contribution in [0.4, 0.5) is 0 Å². The molecule has 0 radical (unpaired) electrons. The van der Waals surface area contributed by atoms with E-state index in [-0.39, 0.29) is 0 Å². The van der Waals surface area contributed by atoms with Crippen LogP contribution < -0.4 is 0 Å². The van der Waals surface area contributed by atoms with Crippen LogP contribution in [-0.2, 0) is 24.8 Å². The maximum atomic E-state index is 11.3. The lowest BCUT2D eigenvalue weighted by Gasteiger charge is -2.28. The van der Waals surface area contributed by atoms with Crippen LogP contribution in [0, 0.1) is 0 Å². The van der Waals surface area contributed by atoms with Crippen molar-refractivity contribution >= 4 is 11.9 Å². The molecule has 0 aliphatic carbocycles. The van der Waals surface area contributed by atoms with Gasteiger partial charge in [-0.2, -0.15) is 0 Å². The molecule has 1 rings (SSSR count). The lowest BCUT2D eigenvalue weighted by atomic mass is 10.1. The van der Waals surface area contributed by atoms with Gasteiger partial charge in [-0.3, -0.25) is 0 Å². The van der Waals surface area contributed by atoms with Crippen LogP contribution in [0.2, 0.25) is 0 Å². The third-order valence-electron chi connectivity index (χ3n) is 2.22. The molecule has 0 amide bonds. The minimum Gasteiger partial charge on any atom is -0.415 e. The SMILES string of the molecule is C=CC(=O)OC(C)(OC(=O)C=C)c1ccccc1. The van der Waals surface area contributed by atoms with Crippen LogP contribution in [0.15, 0.2) is 55.6 Å². The molecule has 4 nitrogen and oxygen atoms in total. The monoisotopic (exact) mass is 246 g/mol. The van der Waals surface area contributed by atoms with Gasteiger partial charge in [0.15, 0.2) is 0 Å². The van der Waals surface area contributed by atoms with Crippen molar-refractivity contribution in [3.63, 3.8) is 0 Å². The molecule has 0 atom stereocenters. The second-order valence-electron chi connectivity index (χ2n) is 3.56.